The molecule has 0 saturated carbocycles. The third kappa shape index (κ3) is 2.92. The summed E-state index contributed by atoms with van der Waals surface area (Å²) in [4.78, 5) is 25.7. The van der Waals surface area contributed by atoms with Gasteiger partial charge in [-0.3, -0.25) is 9.59 Å². The Bertz CT molecular complexity index is 695. The highest BCUT2D eigenvalue weighted by Crippen LogP contribution is 2.24. The van der Waals surface area contributed by atoms with Crippen LogP contribution in [-0.2, 0) is 26.0 Å². The lowest BCUT2D eigenvalue weighted by Crippen LogP contribution is -2.50. The number of anilines is 1. The number of benzene rings is 1. The van der Waals surface area contributed by atoms with Gasteiger partial charge in [-0.2, -0.15) is 0 Å². The van der Waals surface area contributed by atoms with Crippen LogP contribution in [0, 0.1) is 0 Å². The molecule has 1 heterocycles. The van der Waals surface area contributed by atoms with Gasteiger partial charge in [0.2, 0.25) is 11.8 Å². The molecule has 0 aliphatic carbocycles. The van der Waals surface area contributed by atoms with E-state index in [0.717, 1.165) is 11.8 Å². The van der Waals surface area contributed by atoms with Crippen molar-refractivity contribution in [3.05, 3.63) is 29.8 Å². The fourth-order valence-corrected chi connectivity index (χ4v) is 2.53. The number of nitrogens with one attached hydrogen (secondary N) is 1. The molecule has 0 saturated heterocycles. The summed E-state index contributed by atoms with van der Waals surface area (Å²) in [7, 11) is -3.58. The molecular weight excluding hydrogens is 292 g/mol. The Labute approximate surface area is 124 Å². The first-order valence-electron chi connectivity index (χ1n) is 6.49. The Morgan fingerprint density at radius 3 is 2.48 bits per heavy atom. The Hall–Kier alpha value is -1.89. The van der Waals surface area contributed by atoms with Gasteiger partial charge in [0, 0.05) is 18.5 Å². The Morgan fingerprint density at radius 2 is 1.86 bits per heavy atom. The SMILES string of the molecule is CC(C)(C(=O)N1CC(=O)Nc2ccccc2C1)S(C)(=O)=O. The van der Waals surface area contributed by atoms with Gasteiger partial charge >= 0.3 is 0 Å². The van der Waals surface area contributed by atoms with Crippen LogP contribution in [0.25, 0.3) is 0 Å². The zero-order chi connectivity index (χ0) is 15.8. The highest BCUT2D eigenvalue weighted by molar-refractivity contribution is 7.92. The number of fused-ring (bicyclic) bond motifs is 1. The van der Waals surface area contributed by atoms with Crippen molar-refractivity contribution in [1.82, 2.24) is 4.90 Å². The number of nitrogens with zero attached hydrogens (tertiary/aromatic N) is 1. The lowest BCUT2D eigenvalue weighted by molar-refractivity contribution is -0.136. The molecule has 0 radical (unpaired) electrons. The normalized spacial score (nSPS) is 16.0. The summed E-state index contributed by atoms with van der Waals surface area (Å²) in [5, 5.41) is 2.72. The van der Waals surface area contributed by atoms with Gasteiger partial charge in [0.05, 0.1) is 0 Å². The molecule has 0 aromatic heterocycles. The van der Waals surface area contributed by atoms with E-state index in [1.54, 1.807) is 24.3 Å². The largest absolute Gasteiger partial charge is 0.328 e. The summed E-state index contributed by atoms with van der Waals surface area (Å²) in [6.07, 6.45) is 1.02. The number of sulfone groups is 1. The summed E-state index contributed by atoms with van der Waals surface area (Å²) >= 11 is 0. The first-order chi connectivity index (χ1) is 9.63. The molecule has 0 bridgehead atoms. The van der Waals surface area contributed by atoms with Crippen LogP contribution in [0.2, 0.25) is 0 Å². The highest BCUT2D eigenvalue weighted by atomic mass is 32.2. The van der Waals surface area contributed by atoms with Crippen LogP contribution >= 0.6 is 0 Å². The second kappa shape index (κ2) is 5.14. The van der Waals surface area contributed by atoms with Crippen molar-refractivity contribution in [2.45, 2.75) is 25.1 Å². The summed E-state index contributed by atoms with van der Waals surface area (Å²) in [6.45, 7) is 2.76. The minimum atomic E-state index is -3.58. The molecule has 1 aliphatic heterocycles. The van der Waals surface area contributed by atoms with E-state index in [1.165, 1.54) is 18.7 Å². The van der Waals surface area contributed by atoms with Crippen LogP contribution < -0.4 is 5.32 Å². The predicted octanol–water partition coefficient (Wildman–Crippen LogP) is 0.790. The van der Waals surface area contributed by atoms with E-state index < -0.39 is 20.5 Å². The van der Waals surface area contributed by atoms with Crippen molar-refractivity contribution >= 4 is 27.3 Å². The molecule has 21 heavy (non-hydrogen) atoms. The Kier molecular flexibility index (Phi) is 3.79. The Balaban J connectivity index is 2.37. The predicted molar refractivity (Wildman–Crippen MR) is 79.4 cm³/mol. The molecule has 7 heteroatoms. The lowest BCUT2D eigenvalue weighted by atomic mass is 10.1. The van der Waals surface area contributed by atoms with Gasteiger partial charge in [-0.25, -0.2) is 8.42 Å². The van der Waals surface area contributed by atoms with Gasteiger partial charge in [-0.1, -0.05) is 18.2 Å². The number of hydrogen-bond donors (Lipinski definition) is 1. The molecule has 0 spiro atoms. The smallest absolute Gasteiger partial charge is 0.244 e. The van der Waals surface area contributed by atoms with Gasteiger partial charge < -0.3 is 10.2 Å². The van der Waals surface area contributed by atoms with Crippen molar-refractivity contribution in [3.63, 3.8) is 0 Å². The maximum absolute atomic E-state index is 12.5. The van der Waals surface area contributed by atoms with Crippen molar-refractivity contribution in [3.8, 4) is 0 Å². The van der Waals surface area contributed by atoms with Gasteiger partial charge in [0.25, 0.3) is 0 Å². The molecule has 2 rings (SSSR count). The zero-order valence-corrected chi connectivity index (χ0v) is 13.0. The van der Waals surface area contributed by atoms with Crippen LogP contribution in [0.1, 0.15) is 19.4 Å². The summed E-state index contributed by atoms with van der Waals surface area (Å²) < 4.78 is 22.0. The van der Waals surface area contributed by atoms with Crippen LogP contribution in [0.4, 0.5) is 5.69 Å². The fraction of sp³-hybridized carbons (Fsp3) is 0.429. The number of amides is 2. The molecule has 114 valence electrons. The molecule has 0 unspecified atom stereocenters. The van der Waals surface area contributed by atoms with Gasteiger partial charge in [-0.15, -0.1) is 0 Å². The van der Waals surface area contributed by atoms with Crippen LogP contribution in [0.3, 0.4) is 0 Å². The molecule has 1 aromatic carbocycles. The maximum atomic E-state index is 12.5. The van der Waals surface area contributed by atoms with E-state index in [9.17, 15) is 18.0 Å². The lowest BCUT2D eigenvalue weighted by Gasteiger charge is -2.29. The van der Waals surface area contributed by atoms with E-state index in [-0.39, 0.29) is 19.0 Å². The molecule has 1 N–H and O–H groups in total. The maximum Gasteiger partial charge on any atom is 0.244 e. The van der Waals surface area contributed by atoms with E-state index in [0.29, 0.717) is 5.69 Å². The van der Waals surface area contributed by atoms with Crippen LogP contribution in [0.5, 0.6) is 0 Å². The molecule has 6 nitrogen and oxygen atoms in total. The number of hydrogen-bond acceptors (Lipinski definition) is 4. The van der Waals surface area contributed by atoms with Crippen molar-refractivity contribution < 1.29 is 18.0 Å². The molecule has 2 amide bonds. The average molecular weight is 310 g/mol. The van der Waals surface area contributed by atoms with E-state index in [1.807, 2.05) is 0 Å². The van der Waals surface area contributed by atoms with Gasteiger partial charge in [-0.05, 0) is 25.5 Å². The molecule has 1 aliphatic rings. The van der Waals surface area contributed by atoms with E-state index in [2.05, 4.69) is 5.32 Å². The first-order valence-corrected chi connectivity index (χ1v) is 8.39. The topological polar surface area (TPSA) is 83.6 Å². The Morgan fingerprint density at radius 1 is 1.24 bits per heavy atom. The standard InChI is InChI=1S/C14H18N2O4S/c1-14(2,21(3,19)20)13(18)16-8-10-6-4-5-7-11(10)15-12(17)9-16/h4-7H,8-9H2,1-3H3,(H,15,17). The third-order valence-electron chi connectivity index (χ3n) is 3.72. The van der Waals surface area contributed by atoms with Crippen LogP contribution in [-0.4, -0.2) is 42.7 Å². The van der Waals surface area contributed by atoms with Crippen LogP contribution in [0.15, 0.2) is 24.3 Å². The summed E-state index contributed by atoms with van der Waals surface area (Å²) in [6, 6.07) is 7.15. The monoisotopic (exact) mass is 310 g/mol. The number of para-hydroxylation sites is 1. The van der Waals surface area contributed by atoms with E-state index >= 15 is 0 Å². The van der Waals surface area contributed by atoms with Crippen molar-refractivity contribution in [2.75, 3.05) is 18.1 Å². The third-order valence-corrected chi connectivity index (χ3v) is 5.74. The molecule has 0 atom stereocenters. The average Bonchev–Trinajstić information content (AvgIpc) is 2.54. The van der Waals surface area contributed by atoms with Crippen molar-refractivity contribution in [2.24, 2.45) is 0 Å². The summed E-state index contributed by atoms with van der Waals surface area (Å²) in [5.74, 6) is -0.908. The minimum absolute atomic E-state index is 0.160. The molecule has 1 aromatic rings. The quantitative estimate of drug-likeness (QED) is 0.875. The number of carbonyl (C=O) groups excluding carboxylic acids is 2. The highest BCUT2D eigenvalue weighted by Gasteiger charge is 2.42. The first kappa shape index (κ1) is 15.5. The van der Waals surface area contributed by atoms with Gasteiger partial charge in [0.1, 0.15) is 11.3 Å². The fourth-order valence-electron chi connectivity index (χ4n) is 2.09. The summed E-state index contributed by atoms with van der Waals surface area (Å²) in [5.41, 5.74) is 1.43. The minimum Gasteiger partial charge on any atom is -0.328 e. The molecular formula is C14H18N2O4S. The zero-order valence-electron chi connectivity index (χ0n) is 12.2. The molecule has 0 fully saturated rings. The van der Waals surface area contributed by atoms with Gasteiger partial charge in [0.15, 0.2) is 9.84 Å². The van der Waals surface area contributed by atoms with E-state index in [4.69, 9.17) is 0 Å². The second-order valence-corrected chi connectivity index (χ2v) is 8.21. The second-order valence-electron chi connectivity index (χ2n) is 5.65. The number of carbonyl (C=O) groups is 2. The van der Waals surface area contributed by atoms with Crippen molar-refractivity contribution in [1.29, 1.82) is 0 Å². The number of rotatable bonds is 2.